The predicted molar refractivity (Wildman–Crippen MR) is 140 cm³/mol. The third kappa shape index (κ3) is 9.73. The van der Waals surface area contributed by atoms with Gasteiger partial charge in [0.2, 0.25) is 5.91 Å². The minimum Gasteiger partial charge on any atom is -0.457 e. The van der Waals surface area contributed by atoms with Crippen molar-refractivity contribution in [2.24, 2.45) is 0 Å². The van der Waals surface area contributed by atoms with Crippen molar-refractivity contribution in [1.82, 2.24) is 16.0 Å². The molecule has 0 radical (unpaired) electrons. The van der Waals surface area contributed by atoms with Crippen LogP contribution in [0.3, 0.4) is 0 Å². The molecule has 0 heterocycles. The van der Waals surface area contributed by atoms with Gasteiger partial charge in [0.05, 0.1) is 6.04 Å². The minimum atomic E-state index is -0.363. The second-order valence-electron chi connectivity index (χ2n) is 7.84. The van der Waals surface area contributed by atoms with Crippen molar-refractivity contribution in [1.29, 1.82) is 0 Å². The van der Waals surface area contributed by atoms with E-state index in [-0.39, 0.29) is 18.0 Å². The molecule has 0 aromatic heterocycles. The molecule has 1 atom stereocenters. The zero-order valence-electron chi connectivity index (χ0n) is 19.9. The average molecular weight is 473 g/mol. The number of amides is 3. The van der Waals surface area contributed by atoms with E-state index in [1.54, 1.807) is 30.3 Å². The molecule has 0 saturated carbocycles. The summed E-state index contributed by atoms with van der Waals surface area (Å²) in [5.41, 5.74) is 1.68. The van der Waals surface area contributed by atoms with Crippen molar-refractivity contribution in [2.45, 2.75) is 19.4 Å². The van der Waals surface area contributed by atoms with Gasteiger partial charge in [0.25, 0.3) is 0 Å². The van der Waals surface area contributed by atoms with E-state index >= 15 is 0 Å². The number of anilines is 1. The molecular weight excluding hydrogens is 440 g/mol. The van der Waals surface area contributed by atoms with Crippen molar-refractivity contribution >= 4 is 17.6 Å². The van der Waals surface area contributed by atoms with Crippen LogP contribution in [0.4, 0.5) is 10.5 Å². The van der Waals surface area contributed by atoms with Crippen LogP contribution in [0.25, 0.3) is 0 Å². The Morgan fingerprint density at radius 3 is 2.20 bits per heavy atom. The van der Waals surface area contributed by atoms with Gasteiger partial charge in [0.15, 0.2) is 0 Å². The van der Waals surface area contributed by atoms with Crippen molar-refractivity contribution in [2.75, 3.05) is 25.0 Å². The third-order valence-electron chi connectivity index (χ3n) is 5.04. The Hall–Kier alpha value is -4.10. The molecule has 0 aliphatic rings. The molecule has 3 amide bonds. The number of para-hydroxylation sites is 1. The van der Waals surface area contributed by atoms with E-state index in [2.05, 4.69) is 21.3 Å². The number of carbonyl (C=O) groups is 2. The number of rotatable bonds is 12. The van der Waals surface area contributed by atoms with Gasteiger partial charge >= 0.3 is 6.03 Å². The van der Waals surface area contributed by atoms with Gasteiger partial charge in [0, 0.05) is 24.9 Å². The lowest BCUT2D eigenvalue weighted by atomic mass is 10.1. The lowest BCUT2D eigenvalue weighted by molar-refractivity contribution is -0.116. The van der Waals surface area contributed by atoms with Gasteiger partial charge in [-0.15, -0.1) is 0 Å². The Kier molecular flexibility index (Phi) is 10.4. The van der Waals surface area contributed by atoms with E-state index in [0.29, 0.717) is 30.9 Å². The van der Waals surface area contributed by atoms with Gasteiger partial charge in [-0.2, -0.15) is 0 Å². The van der Waals surface area contributed by atoms with Gasteiger partial charge < -0.3 is 26.0 Å². The summed E-state index contributed by atoms with van der Waals surface area (Å²) in [4.78, 5) is 24.8. The molecule has 0 spiro atoms. The van der Waals surface area contributed by atoms with Crippen LogP contribution in [0.15, 0.2) is 97.1 Å². The normalized spacial score (nSPS) is 11.6. The Balaban J connectivity index is 1.56. The summed E-state index contributed by atoms with van der Waals surface area (Å²) in [7, 11) is 0. The van der Waals surface area contributed by atoms with Crippen LogP contribution in [0, 0.1) is 0 Å². The first kappa shape index (κ1) is 25.5. The molecule has 35 heavy (non-hydrogen) atoms. The number of benzene rings is 3. The third-order valence-corrected chi connectivity index (χ3v) is 5.04. The van der Waals surface area contributed by atoms with Crippen LogP contribution in [-0.4, -0.2) is 37.6 Å². The van der Waals surface area contributed by atoms with E-state index < -0.39 is 0 Å². The molecule has 3 aromatic carbocycles. The fourth-order valence-corrected chi connectivity index (χ4v) is 3.32. The smallest absolute Gasteiger partial charge is 0.319 e. The first-order valence-electron chi connectivity index (χ1n) is 11.7. The minimum absolute atomic E-state index is 0.197. The summed E-state index contributed by atoms with van der Waals surface area (Å²) in [6.45, 7) is 4.11. The molecule has 182 valence electrons. The number of ether oxygens (including phenoxy) is 1. The fraction of sp³-hybridized carbons (Fsp3) is 0.214. The maximum absolute atomic E-state index is 12.7. The molecule has 3 rings (SSSR count). The molecule has 0 bridgehead atoms. The Labute approximate surface area is 206 Å². The first-order valence-corrected chi connectivity index (χ1v) is 11.7. The van der Waals surface area contributed by atoms with Crippen LogP contribution in [0.5, 0.6) is 11.5 Å². The molecule has 7 heteroatoms. The van der Waals surface area contributed by atoms with Crippen molar-refractivity contribution < 1.29 is 14.3 Å². The number of hydrogen-bond donors (Lipinski definition) is 4. The monoisotopic (exact) mass is 472 g/mol. The lowest BCUT2D eigenvalue weighted by Gasteiger charge is -2.16. The molecule has 0 aliphatic carbocycles. The average Bonchev–Trinajstić information content (AvgIpc) is 2.87. The van der Waals surface area contributed by atoms with Crippen LogP contribution in [0.1, 0.15) is 12.5 Å². The summed E-state index contributed by atoms with van der Waals surface area (Å²) in [5.74, 6) is 1.22. The highest BCUT2D eigenvalue weighted by Crippen LogP contribution is 2.22. The van der Waals surface area contributed by atoms with Gasteiger partial charge in [-0.05, 0) is 54.9 Å². The largest absolute Gasteiger partial charge is 0.457 e. The number of likely N-dealkylation sites (N-methyl/N-ethyl adjacent to an activating group) is 1. The van der Waals surface area contributed by atoms with Crippen molar-refractivity contribution in [3.63, 3.8) is 0 Å². The maximum Gasteiger partial charge on any atom is 0.319 e. The Morgan fingerprint density at radius 2 is 1.51 bits per heavy atom. The van der Waals surface area contributed by atoms with Crippen LogP contribution in [-0.2, 0) is 11.2 Å². The van der Waals surface area contributed by atoms with E-state index in [1.807, 2.05) is 67.6 Å². The summed E-state index contributed by atoms with van der Waals surface area (Å²) >= 11 is 0. The molecule has 0 saturated heterocycles. The zero-order valence-corrected chi connectivity index (χ0v) is 19.9. The number of urea groups is 1. The van der Waals surface area contributed by atoms with Crippen LogP contribution < -0.4 is 26.0 Å². The second kappa shape index (κ2) is 14.2. The highest BCUT2D eigenvalue weighted by atomic mass is 16.5. The number of carbonyl (C=O) groups excluding carboxylic acids is 2. The molecule has 7 nitrogen and oxygen atoms in total. The quantitative estimate of drug-likeness (QED) is 0.231. The maximum atomic E-state index is 12.7. The van der Waals surface area contributed by atoms with Crippen molar-refractivity contribution in [3.05, 3.63) is 103 Å². The summed E-state index contributed by atoms with van der Waals surface area (Å²) < 4.78 is 5.79. The lowest BCUT2D eigenvalue weighted by Crippen LogP contribution is -2.38. The topological polar surface area (TPSA) is 91.5 Å². The number of hydrogen-bond acceptors (Lipinski definition) is 4. The van der Waals surface area contributed by atoms with Gasteiger partial charge in [-0.25, -0.2) is 4.79 Å². The molecule has 0 aliphatic heterocycles. The van der Waals surface area contributed by atoms with Gasteiger partial charge in [-0.3, -0.25) is 4.79 Å². The van der Waals surface area contributed by atoms with E-state index in [1.165, 1.54) is 6.08 Å². The summed E-state index contributed by atoms with van der Waals surface area (Å²) in [6.07, 6.45) is 3.74. The summed E-state index contributed by atoms with van der Waals surface area (Å²) in [6, 6.07) is 25.7. The predicted octanol–water partition coefficient (Wildman–Crippen LogP) is 4.49. The van der Waals surface area contributed by atoms with E-state index in [4.69, 9.17) is 4.74 Å². The zero-order chi connectivity index (χ0) is 24.7. The van der Waals surface area contributed by atoms with Crippen molar-refractivity contribution in [3.8, 4) is 11.5 Å². The van der Waals surface area contributed by atoms with Gasteiger partial charge in [-0.1, -0.05) is 61.5 Å². The van der Waals surface area contributed by atoms with Crippen LogP contribution >= 0.6 is 0 Å². The highest BCUT2D eigenvalue weighted by molar-refractivity contribution is 5.90. The van der Waals surface area contributed by atoms with E-state index in [0.717, 1.165) is 17.9 Å². The summed E-state index contributed by atoms with van der Waals surface area (Å²) in [5, 5.41) is 11.8. The molecule has 3 aromatic rings. The Bertz CT molecular complexity index is 1070. The Morgan fingerprint density at radius 1 is 0.857 bits per heavy atom. The molecule has 0 fully saturated rings. The second-order valence-corrected chi connectivity index (χ2v) is 7.84. The first-order chi connectivity index (χ1) is 17.1. The molecule has 4 N–H and O–H groups in total. The standard InChI is InChI=1S/C28H32N4O3/c1-2-29-19-20-30-27(33)18-15-24(21-22-9-5-3-6-10-22)32-28(34)31-23-13-16-26(17-14-23)35-25-11-7-4-8-12-25/h3-18,24,29H,2,19-21H2,1H3,(H,30,33)(H2,31,32,34)/b18-15+/t24-/m1/s1. The van der Waals surface area contributed by atoms with E-state index in [9.17, 15) is 9.59 Å². The molecule has 0 unspecified atom stereocenters. The fourth-order valence-electron chi connectivity index (χ4n) is 3.32. The SMILES string of the molecule is CCNCCNC(=O)/C=C/[C@H](Cc1ccccc1)NC(=O)Nc1ccc(Oc2ccccc2)cc1. The van der Waals surface area contributed by atoms with Crippen LogP contribution in [0.2, 0.25) is 0 Å². The molecular formula is C28H32N4O3. The van der Waals surface area contributed by atoms with Gasteiger partial charge in [0.1, 0.15) is 11.5 Å². The highest BCUT2D eigenvalue weighted by Gasteiger charge is 2.11. The number of nitrogens with one attached hydrogen (secondary N) is 4.